The first-order valence-electron chi connectivity index (χ1n) is 25.0. The van der Waals surface area contributed by atoms with Gasteiger partial charge >= 0.3 is 0 Å². The number of aliphatic imine (C=N–C) groups is 1. The zero-order valence-electron chi connectivity index (χ0n) is 39.1. The van der Waals surface area contributed by atoms with E-state index in [4.69, 9.17) is 4.99 Å². The molecule has 2 aliphatic rings. The normalized spacial score (nSPS) is 16.9. The maximum Gasteiger partial charge on any atom is 0.140 e. The highest BCUT2D eigenvalue weighted by atomic mass is 15.1. The first-order chi connectivity index (χ1) is 35.8. The minimum Gasteiger partial charge on any atom is -0.312 e. The molecule has 0 saturated carbocycles. The van der Waals surface area contributed by atoms with E-state index in [1.807, 2.05) is 0 Å². The van der Waals surface area contributed by atoms with E-state index in [9.17, 15) is 0 Å². The zero-order chi connectivity index (χ0) is 47.0. The molecule has 1 unspecified atom stereocenters. The van der Waals surface area contributed by atoms with E-state index in [1.165, 1.54) is 98.6 Å². The van der Waals surface area contributed by atoms with Crippen molar-refractivity contribution in [2.75, 3.05) is 0 Å². The number of rotatable bonds is 3. The third kappa shape index (κ3) is 5.45. The summed E-state index contributed by atoms with van der Waals surface area (Å²) in [7, 11) is 0. The van der Waals surface area contributed by atoms with E-state index in [2.05, 4.69) is 261 Å². The van der Waals surface area contributed by atoms with Gasteiger partial charge in [0, 0.05) is 66.3 Å². The van der Waals surface area contributed by atoms with E-state index >= 15 is 0 Å². The van der Waals surface area contributed by atoms with Crippen molar-refractivity contribution in [1.29, 1.82) is 0 Å². The Morgan fingerprint density at radius 1 is 0.347 bits per heavy atom. The Labute approximate surface area is 414 Å². The van der Waals surface area contributed by atoms with Crippen molar-refractivity contribution in [2.24, 2.45) is 4.99 Å². The molecule has 10 aromatic carbocycles. The summed E-state index contributed by atoms with van der Waals surface area (Å²) in [4.78, 5) is 6.02. The fraction of sp³-hybridized carbons (Fsp3) is 0.0299. The van der Waals surface area contributed by atoms with Gasteiger partial charge in [-0.3, -0.25) is 4.57 Å². The zero-order valence-corrected chi connectivity index (χ0v) is 39.1. The lowest BCUT2D eigenvalue weighted by molar-refractivity contribution is 0.838. The molecule has 336 valence electrons. The van der Waals surface area contributed by atoms with Gasteiger partial charge in [0.15, 0.2) is 0 Å². The highest BCUT2D eigenvalue weighted by Crippen LogP contribution is 2.47. The summed E-state index contributed by atoms with van der Waals surface area (Å²) in [5.41, 5.74) is 18.4. The molecule has 16 rings (SSSR count). The van der Waals surface area contributed by atoms with Gasteiger partial charge in [-0.25, -0.2) is 4.99 Å². The van der Waals surface area contributed by atoms with E-state index in [-0.39, 0.29) is 5.92 Å². The lowest BCUT2D eigenvalue weighted by atomic mass is 9.88. The van der Waals surface area contributed by atoms with Crippen LogP contribution in [0.1, 0.15) is 23.5 Å². The second kappa shape index (κ2) is 15.0. The summed E-state index contributed by atoms with van der Waals surface area (Å²) in [6.07, 6.45) is 5.59. The quantitative estimate of drug-likeness (QED) is 0.169. The second-order valence-electron chi connectivity index (χ2n) is 19.4. The van der Waals surface area contributed by atoms with Crippen molar-refractivity contribution in [3.8, 4) is 22.5 Å². The number of aromatic nitrogens is 4. The average molecular weight is 918 g/mol. The fourth-order valence-corrected chi connectivity index (χ4v) is 12.7. The van der Waals surface area contributed by atoms with Crippen molar-refractivity contribution < 1.29 is 0 Å². The van der Waals surface area contributed by atoms with Crippen LogP contribution in [0.15, 0.2) is 248 Å². The lowest BCUT2D eigenvalue weighted by Crippen LogP contribution is -2.17. The lowest BCUT2D eigenvalue weighted by Gasteiger charge is -2.27. The van der Waals surface area contributed by atoms with Crippen LogP contribution in [0.2, 0.25) is 0 Å². The van der Waals surface area contributed by atoms with E-state index in [0.29, 0.717) is 0 Å². The van der Waals surface area contributed by atoms with Crippen LogP contribution in [0.4, 0.5) is 0 Å². The highest BCUT2D eigenvalue weighted by molar-refractivity contribution is 6.23. The molecule has 5 heteroatoms. The molecular formula is C67H43N5. The molecule has 1 atom stereocenters. The summed E-state index contributed by atoms with van der Waals surface area (Å²) in [5.74, 6) is 0.800. The number of hydrogen-bond donors (Lipinski definition) is 0. The van der Waals surface area contributed by atoms with Gasteiger partial charge in [-0.2, -0.15) is 0 Å². The van der Waals surface area contributed by atoms with Crippen LogP contribution in [-0.2, 0) is 0 Å². The van der Waals surface area contributed by atoms with Crippen LogP contribution in [0.5, 0.6) is 0 Å². The molecule has 4 aromatic heterocycles. The number of allylic oxidation sites excluding steroid dienone is 3. The van der Waals surface area contributed by atoms with Crippen LogP contribution in [0, 0.1) is 0 Å². The topological polar surface area (TPSA) is 32.1 Å². The van der Waals surface area contributed by atoms with Crippen LogP contribution < -0.4 is 0 Å². The molecule has 2 aliphatic heterocycles. The summed E-state index contributed by atoms with van der Waals surface area (Å²) >= 11 is 0. The summed E-state index contributed by atoms with van der Waals surface area (Å²) < 4.78 is 9.94. The molecule has 14 aromatic rings. The molecule has 0 fully saturated rings. The maximum absolute atomic E-state index is 6.02. The Kier molecular flexibility index (Phi) is 8.22. The van der Waals surface area contributed by atoms with E-state index in [1.54, 1.807) is 0 Å². The third-order valence-corrected chi connectivity index (χ3v) is 15.7. The SMILES string of the molecule is C1=C2/N=C(n3c4ccccc4c4c(-n5c6ccccc6c6ccccc65)cccc43)\C=C(\n3c4ccccc4c4ccccc43)C(C/1)c1ccc3c4c(-c5ccccc5)cccc4n(c3c1)-c1ccccc12. The largest absolute Gasteiger partial charge is 0.312 e. The Morgan fingerprint density at radius 3 is 1.51 bits per heavy atom. The van der Waals surface area contributed by atoms with Crippen LogP contribution in [0.3, 0.4) is 0 Å². The molecule has 0 spiro atoms. The molecule has 0 N–H and O–H groups in total. The Morgan fingerprint density at radius 2 is 0.833 bits per heavy atom. The minimum absolute atomic E-state index is 0.0549. The molecule has 0 amide bonds. The van der Waals surface area contributed by atoms with Gasteiger partial charge in [-0.15, -0.1) is 0 Å². The smallest absolute Gasteiger partial charge is 0.140 e. The predicted molar refractivity (Wildman–Crippen MR) is 302 cm³/mol. The van der Waals surface area contributed by atoms with Gasteiger partial charge in [0.1, 0.15) is 5.84 Å². The fourth-order valence-electron chi connectivity index (χ4n) is 12.7. The van der Waals surface area contributed by atoms with Crippen LogP contribution >= 0.6 is 0 Å². The summed E-state index contributed by atoms with van der Waals surface area (Å²) in [6.45, 7) is 0. The van der Waals surface area contributed by atoms with Crippen LogP contribution in [0.25, 0.3) is 121 Å². The van der Waals surface area contributed by atoms with Crippen molar-refractivity contribution in [1.82, 2.24) is 18.3 Å². The molecule has 0 saturated heterocycles. The average Bonchev–Trinajstić information content (AvgIpc) is 4.16. The van der Waals surface area contributed by atoms with Crippen molar-refractivity contribution >= 4 is 104 Å². The number of para-hydroxylation sites is 6. The number of nitrogens with zero attached hydrogens (tertiary/aromatic N) is 5. The van der Waals surface area contributed by atoms with Crippen LogP contribution in [-0.4, -0.2) is 24.1 Å². The Bertz CT molecular complexity index is 4610. The molecule has 0 radical (unpaired) electrons. The first kappa shape index (κ1) is 39.4. The molecule has 0 aliphatic carbocycles. The maximum atomic E-state index is 6.02. The van der Waals surface area contributed by atoms with Gasteiger partial charge in [0.05, 0.1) is 61.2 Å². The van der Waals surface area contributed by atoms with Gasteiger partial charge in [-0.05, 0) is 83.8 Å². The molecular weight excluding hydrogens is 875 g/mol. The van der Waals surface area contributed by atoms with Crippen molar-refractivity contribution in [3.63, 3.8) is 0 Å². The summed E-state index contributed by atoms with van der Waals surface area (Å²) in [5, 5.41) is 9.80. The van der Waals surface area contributed by atoms with Crippen molar-refractivity contribution in [2.45, 2.75) is 12.3 Å². The summed E-state index contributed by atoms with van der Waals surface area (Å²) in [6, 6.07) is 84.9. The number of fused-ring (bicyclic) bond motifs is 19. The van der Waals surface area contributed by atoms with E-state index < -0.39 is 0 Å². The minimum atomic E-state index is -0.0549. The molecule has 4 bridgehead atoms. The van der Waals surface area contributed by atoms with Gasteiger partial charge in [0.2, 0.25) is 0 Å². The molecule has 5 nitrogen and oxygen atoms in total. The number of benzene rings is 10. The second-order valence-corrected chi connectivity index (χ2v) is 19.4. The Hall–Kier alpha value is -9.45. The standard InChI is InChI=1S/C67H43N5/c1-2-18-42(19-3-1)45-26-16-33-60-66(45)52-37-36-43-40-63(52)71(60)58-31-14-8-24-50(58)53-39-38-44(43)64(70-56-29-12-6-22-48(56)49-23-7-13-30-57(49)70)41-65(68-53)72-59-32-15-9-25-51(59)67-61(34-17-35-62(67)72)69-54-27-10-4-20-46(54)47-21-5-11-28-55(47)69/h1-37,39-41,44H,38H2/b53-39+,64-41+,68-65+. The third-order valence-electron chi connectivity index (χ3n) is 15.7. The van der Waals surface area contributed by atoms with E-state index in [0.717, 1.165) is 45.9 Å². The highest BCUT2D eigenvalue weighted by Gasteiger charge is 2.30. The molecule has 72 heavy (non-hydrogen) atoms. The van der Waals surface area contributed by atoms with Gasteiger partial charge < -0.3 is 13.7 Å². The molecule has 6 heterocycles. The van der Waals surface area contributed by atoms with Gasteiger partial charge in [0.25, 0.3) is 0 Å². The Balaban J connectivity index is 1.05. The first-order valence-corrected chi connectivity index (χ1v) is 25.0. The monoisotopic (exact) mass is 917 g/mol. The predicted octanol–water partition coefficient (Wildman–Crippen LogP) is 17.1. The number of hydrogen-bond acceptors (Lipinski definition) is 1. The van der Waals surface area contributed by atoms with Crippen molar-refractivity contribution in [3.05, 3.63) is 254 Å². The van der Waals surface area contributed by atoms with Gasteiger partial charge in [-0.1, -0.05) is 176 Å².